The van der Waals surface area contributed by atoms with Crippen molar-refractivity contribution in [2.75, 3.05) is 37.1 Å². The molecule has 12 heteroatoms. The van der Waals surface area contributed by atoms with Gasteiger partial charge in [0.2, 0.25) is 0 Å². The fraction of sp³-hybridized carbons (Fsp3) is 0.255. The molecule has 2 atom stereocenters. The Labute approximate surface area is 344 Å². The van der Waals surface area contributed by atoms with Crippen LogP contribution >= 0.6 is 0 Å². The predicted molar refractivity (Wildman–Crippen MR) is 226 cm³/mol. The van der Waals surface area contributed by atoms with Crippen molar-refractivity contribution >= 4 is 41.3 Å². The van der Waals surface area contributed by atoms with Crippen molar-refractivity contribution in [2.24, 2.45) is 5.41 Å². The summed E-state index contributed by atoms with van der Waals surface area (Å²) in [6.45, 7) is 15.9. The van der Waals surface area contributed by atoms with Crippen LogP contribution in [0.2, 0.25) is 0 Å². The van der Waals surface area contributed by atoms with E-state index in [1.54, 1.807) is 26.0 Å². The summed E-state index contributed by atoms with van der Waals surface area (Å²) in [5, 5.41) is 6.04. The number of benzene rings is 4. The fourth-order valence-electron chi connectivity index (χ4n) is 5.61. The van der Waals surface area contributed by atoms with Crippen LogP contribution in [-0.4, -0.2) is 68.5 Å². The molecular formula is C47H50N2O10. The van der Waals surface area contributed by atoms with Crippen molar-refractivity contribution in [3.63, 3.8) is 0 Å². The molecule has 0 spiro atoms. The van der Waals surface area contributed by atoms with E-state index < -0.39 is 60.7 Å². The lowest BCUT2D eigenvalue weighted by Gasteiger charge is -2.25. The third-order valence-corrected chi connectivity index (χ3v) is 8.72. The van der Waals surface area contributed by atoms with Crippen molar-refractivity contribution in [3.8, 4) is 22.3 Å². The van der Waals surface area contributed by atoms with Crippen LogP contribution in [0.5, 0.6) is 0 Å². The standard InChI is InChI=1S/C47H50N2O10/c1-31(2)42(50)55-27-36(48-40-24-16-14-22-38(40)34-18-10-8-11-19-34)28-56-44(52)33(5)26-47(6,7)45(53)58-30-37(29-57-43(51)32(3)4)59-46(54)49-41-25-17-15-23-39(41)35-20-12-9-13-21-35/h8-25,36-37,48H,1,3,5,26-30H2,2,4,6-7H3,(H,49,54). The maximum atomic E-state index is 13.4. The lowest BCUT2D eigenvalue weighted by Crippen LogP contribution is -2.36. The Bertz CT molecular complexity index is 2150. The van der Waals surface area contributed by atoms with Gasteiger partial charge in [-0.3, -0.25) is 10.1 Å². The monoisotopic (exact) mass is 802 g/mol. The molecule has 0 bridgehead atoms. The van der Waals surface area contributed by atoms with E-state index in [-0.39, 0.29) is 36.4 Å². The highest BCUT2D eigenvalue weighted by Gasteiger charge is 2.34. The van der Waals surface area contributed by atoms with Gasteiger partial charge in [0.05, 0.1) is 17.1 Å². The van der Waals surface area contributed by atoms with Crippen LogP contribution in [0.25, 0.3) is 22.3 Å². The molecule has 12 nitrogen and oxygen atoms in total. The maximum absolute atomic E-state index is 13.4. The van der Waals surface area contributed by atoms with E-state index in [1.165, 1.54) is 13.8 Å². The molecule has 0 aliphatic heterocycles. The van der Waals surface area contributed by atoms with Crippen molar-refractivity contribution in [1.82, 2.24) is 0 Å². The fourth-order valence-corrected chi connectivity index (χ4v) is 5.61. The summed E-state index contributed by atoms with van der Waals surface area (Å²) >= 11 is 0. The van der Waals surface area contributed by atoms with Crippen LogP contribution in [0.3, 0.4) is 0 Å². The van der Waals surface area contributed by atoms with Gasteiger partial charge in [-0.1, -0.05) is 117 Å². The van der Waals surface area contributed by atoms with E-state index in [0.717, 1.165) is 27.9 Å². The summed E-state index contributed by atoms with van der Waals surface area (Å²) in [7, 11) is 0. The number of nitrogens with one attached hydrogen (secondary N) is 2. The summed E-state index contributed by atoms with van der Waals surface area (Å²) in [6.07, 6.45) is -2.23. The van der Waals surface area contributed by atoms with E-state index >= 15 is 0 Å². The minimum absolute atomic E-state index is 0.0195. The molecular weight excluding hydrogens is 753 g/mol. The molecule has 59 heavy (non-hydrogen) atoms. The quantitative estimate of drug-likeness (QED) is 0.0501. The van der Waals surface area contributed by atoms with Crippen LogP contribution in [0.1, 0.15) is 34.1 Å². The average Bonchev–Trinajstić information content (AvgIpc) is 3.22. The topological polar surface area (TPSA) is 156 Å². The van der Waals surface area contributed by atoms with E-state index in [1.807, 2.05) is 97.1 Å². The zero-order chi connectivity index (χ0) is 43.0. The molecule has 4 rings (SSSR count). The second-order valence-electron chi connectivity index (χ2n) is 14.4. The second-order valence-corrected chi connectivity index (χ2v) is 14.4. The zero-order valence-corrected chi connectivity index (χ0v) is 33.8. The highest BCUT2D eigenvalue weighted by atomic mass is 16.6. The van der Waals surface area contributed by atoms with Crippen LogP contribution in [0.4, 0.5) is 16.2 Å². The summed E-state index contributed by atoms with van der Waals surface area (Å²) in [5.74, 6) is -2.84. The molecule has 0 fully saturated rings. The number of carbonyl (C=O) groups excluding carboxylic acids is 5. The Morgan fingerprint density at radius 2 is 1.02 bits per heavy atom. The molecule has 0 aliphatic rings. The van der Waals surface area contributed by atoms with Gasteiger partial charge in [-0.05, 0) is 57.4 Å². The van der Waals surface area contributed by atoms with Gasteiger partial charge in [-0.15, -0.1) is 0 Å². The van der Waals surface area contributed by atoms with Gasteiger partial charge in [0.15, 0.2) is 6.10 Å². The molecule has 308 valence electrons. The smallest absolute Gasteiger partial charge is 0.412 e. The van der Waals surface area contributed by atoms with Gasteiger partial charge >= 0.3 is 30.0 Å². The van der Waals surface area contributed by atoms with E-state index in [9.17, 15) is 24.0 Å². The first-order chi connectivity index (χ1) is 28.1. The molecule has 0 aliphatic carbocycles. The number of hydrogen-bond acceptors (Lipinski definition) is 11. The molecule has 0 radical (unpaired) electrons. The van der Waals surface area contributed by atoms with E-state index in [4.69, 9.17) is 23.7 Å². The van der Waals surface area contributed by atoms with Gasteiger partial charge < -0.3 is 29.0 Å². The second kappa shape index (κ2) is 21.5. The van der Waals surface area contributed by atoms with Gasteiger partial charge in [0, 0.05) is 33.5 Å². The Hall–Kier alpha value is -6.95. The number of amides is 1. The Morgan fingerprint density at radius 1 is 0.576 bits per heavy atom. The molecule has 0 aromatic heterocycles. The predicted octanol–water partition coefficient (Wildman–Crippen LogP) is 8.72. The third kappa shape index (κ3) is 13.9. The average molecular weight is 803 g/mol. The Balaban J connectivity index is 1.38. The minimum Gasteiger partial charge on any atom is -0.461 e. The largest absolute Gasteiger partial charge is 0.461 e. The first kappa shape index (κ1) is 44.8. The highest BCUT2D eigenvalue weighted by Crippen LogP contribution is 2.30. The number of rotatable bonds is 20. The van der Waals surface area contributed by atoms with Crippen molar-refractivity contribution in [1.29, 1.82) is 0 Å². The molecule has 1 amide bonds. The molecule has 2 unspecified atom stereocenters. The lowest BCUT2D eigenvalue weighted by molar-refractivity contribution is -0.159. The summed E-state index contributed by atoms with van der Waals surface area (Å²) in [4.78, 5) is 64.2. The normalized spacial score (nSPS) is 11.8. The number of hydrogen-bond donors (Lipinski definition) is 2. The van der Waals surface area contributed by atoms with Gasteiger partial charge in [-0.2, -0.15) is 0 Å². The van der Waals surface area contributed by atoms with Gasteiger partial charge in [-0.25, -0.2) is 19.2 Å². The molecule has 4 aromatic rings. The van der Waals surface area contributed by atoms with E-state index in [0.29, 0.717) is 5.69 Å². The Kier molecular flexibility index (Phi) is 16.3. The number of esters is 4. The van der Waals surface area contributed by atoms with Crippen molar-refractivity contribution in [2.45, 2.75) is 46.3 Å². The van der Waals surface area contributed by atoms with E-state index in [2.05, 4.69) is 30.4 Å². The minimum atomic E-state index is -1.30. The third-order valence-electron chi connectivity index (χ3n) is 8.72. The van der Waals surface area contributed by atoms with Gasteiger partial charge in [0.1, 0.15) is 26.4 Å². The maximum Gasteiger partial charge on any atom is 0.412 e. The highest BCUT2D eigenvalue weighted by molar-refractivity contribution is 5.92. The molecule has 0 saturated heterocycles. The van der Waals surface area contributed by atoms with Crippen molar-refractivity contribution < 1.29 is 47.7 Å². The Morgan fingerprint density at radius 3 is 1.56 bits per heavy atom. The SMILES string of the molecule is C=C(C)C(=O)OCC(COC(=O)C(=C)CC(C)(C)C(=O)OCC(COC(=O)C(=C)C)OC(=O)Nc1ccccc1-c1ccccc1)Nc1ccccc1-c1ccccc1. The molecule has 0 saturated carbocycles. The number of ether oxygens (including phenoxy) is 5. The summed E-state index contributed by atoms with van der Waals surface area (Å²) < 4.78 is 27.4. The summed E-state index contributed by atoms with van der Waals surface area (Å²) in [6, 6.07) is 33.1. The number of carbonyl (C=O) groups is 5. The van der Waals surface area contributed by atoms with Crippen LogP contribution < -0.4 is 10.6 Å². The van der Waals surface area contributed by atoms with Crippen LogP contribution in [0, 0.1) is 5.41 Å². The van der Waals surface area contributed by atoms with Crippen LogP contribution in [0.15, 0.2) is 146 Å². The lowest BCUT2D eigenvalue weighted by atomic mass is 9.86. The molecule has 2 N–H and O–H groups in total. The first-order valence-electron chi connectivity index (χ1n) is 18.8. The van der Waals surface area contributed by atoms with Crippen molar-refractivity contribution in [3.05, 3.63) is 146 Å². The molecule has 4 aromatic carbocycles. The number of para-hydroxylation sites is 2. The zero-order valence-electron chi connectivity index (χ0n) is 33.8. The first-order valence-corrected chi connectivity index (χ1v) is 18.8. The van der Waals surface area contributed by atoms with Crippen LogP contribution in [-0.2, 0) is 42.9 Å². The number of anilines is 2. The molecule has 0 heterocycles. The summed E-state index contributed by atoms with van der Waals surface area (Å²) in [5.41, 5.74) is 3.66. The van der Waals surface area contributed by atoms with Gasteiger partial charge in [0.25, 0.3) is 0 Å².